The molecule has 1 aromatic rings. The SMILES string of the molecule is C[C@H]1/C=C/CCCN(Cc2ccccc2)C(=O)[C@@H]1C. The zero-order valence-corrected chi connectivity index (χ0v) is 11.9. The highest BCUT2D eigenvalue weighted by molar-refractivity contribution is 5.79. The van der Waals surface area contributed by atoms with Crippen molar-refractivity contribution in [1.29, 1.82) is 0 Å². The topological polar surface area (TPSA) is 20.3 Å². The van der Waals surface area contributed by atoms with Crippen molar-refractivity contribution in [3.63, 3.8) is 0 Å². The van der Waals surface area contributed by atoms with E-state index in [9.17, 15) is 4.79 Å². The fourth-order valence-corrected chi connectivity index (χ4v) is 2.46. The third kappa shape index (κ3) is 3.69. The Morgan fingerprint density at radius 2 is 1.95 bits per heavy atom. The van der Waals surface area contributed by atoms with Gasteiger partial charge in [0.1, 0.15) is 0 Å². The van der Waals surface area contributed by atoms with Gasteiger partial charge in [-0.3, -0.25) is 4.79 Å². The minimum Gasteiger partial charge on any atom is -0.338 e. The first-order valence-corrected chi connectivity index (χ1v) is 7.18. The first kappa shape index (κ1) is 13.9. The van der Waals surface area contributed by atoms with Crippen molar-refractivity contribution in [3.05, 3.63) is 48.0 Å². The number of carbonyl (C=O) groups excluding carboxylic acids is 1. The fraction of sp³-hybridized carbons (Fsp3) is 0.471. The molecule has 0 saturated carbocycles. The van der Waals surface area contributed by atoms with Gasteiger partial charge in [-0.15, -0.1) is 0 Å². The molecule has 2 rings (SSSR count). The highest BCUT2D eigenvalue weighted by Gasteiger charge is 2.24. The number of carbonyl (C=O) groups is 1. The summed E-state index contributed by atoms with van der Waals surface area (Å²) in [5, 5.41) is 0. The second kappa shape index (κ2) is 6.55. The molecule has 0 aliphatic carbocycles. The Balaban J connectivity index is 2.11. The fourth-order valence-electron chi connectivity index (χ4n) is 2.46. The van der Waals surface area contributed by atoms with E-state index < -0.39 is 0 Å². The Bertz CT molecular complexity index is 438. The molecule has 0 fully saturated rings. The molecule has 2 heteroatoms. The van der Waals surface area contributed by atoms with Crippen LogP contribution in [0, 0.1) is 11.8 Å². The Labute approximate surface area is 116 Å². The van der Waals surface area contributed by atoms with Gasteiger partial charge < -0.3 is 4.90 Å². The van der Waals surface area contributed by atoms with Crippen LogP contribution in [0.4, 0.5) is 0 Å². The number of hydrogen-bond donors (Lipinski definition) is 0. The van der Waals surface area contributed by atoms with Crippen LogP contribution in [0.5, 0.6) is 0 Å². The van der Waals surface area contributed by atoms with Crippen molar-refractivity contribution in [2.45, 2.75) is 33.2 Å². The molecule has 1 aliphatic heterocycles. The molecule has 0 unspecified atom stereocenters. The van der Waals surface area contributed by atoms with E-state index in [4.69, 9.17) is 0 Å². The van der Waals surface area contributed by atoms with Crippen molar-refractivity contribution in [1.82, 2.24) is 4.90 Å². The van der Waals surface area contributed by atoms with E-state index in [1.165, 1.54) is 5.56 Å². The summed E-state index contributed by atoms with van der Waals surface area (Å²) in [6, 6.07) is 10.3. The summed E-state index contributed by atoms with van der Waals surface area (Å²) >= 11 is 0. The highest BCUT2D eigenvalue weighted by Crippen LogP contribution is 2.20. The normalized spacial score (nSPS) is 26.4. The average Bonchev–Trinajstić information content (AvgIpc) is 2.49. The van der Waals surface area contributed by atoms with Gasteiger partial charge in [0.15, 0.2) is 0 Å². The zero-order valence-electron chi connectivity index (χ0n) is 11.9. The Morgan fingerprint density at radius 1 is 1.21 bits per heavy atom. The van der Waals surface area contributed by atoms with Crippen molar-refractivity contribution in [3.8, 4) is 0 Å². The number of nitrogens with zero attached hydrogens (tertiary/aromatic N) is 1. The van der Waals surface area contributed by atoms with Gasteiger partial charge >= 0.3 is 0 Å². The van der Waals surface area contributed by atoms with E-state index in [-0.39, 0.29) is 11.8 Å². The van der Waals surface area contributed by atoms with Crippen LogP contribution in [0.2, 0.25) is 0 Å². The molecule has 19 heavy (non-hydrogen) atoms. The van der Waals surface area contributed by atoms with Gasteiger partial charge in [-0.1, -0.05) is 56.3 Å². The highest BCUT2D eigenvalue weighted by atomic mass is 16.2. The second-order valence-electron chi connectivity index (χ2n) is 5.46. The maximum atomic E-state index is 12.6. The van der Waals surface area contributed by atoms with Gasteiger partial charge in [-0.05, 0) is 24.3 Å². The van der Waals surface area contributed by atoms with Gasteiger partial charge in [0.2, 0.25) is 5.91 Å². The number of amides is 1. The lowest BCUT2D eigenvalue weighted by Gasteiger charge is -2.27. The van der Waals surface area contributed by atoms with Crippen molar-refractivity contribution in [2.24, 2.45) is 11.8 Å². The summed E-state index contributed by atoms with van der Waals surface area (Å²) in [7, 11) is 0. The van der Waals surface area contributed by atoms with Gasteiger partial charge in [-0.25, -0.2) is 0 Å². The molecule has 0 radical (unpaired) electrons. The van der Waals surface area contributed by atoms with Crippen LogP contribution in [0.25, 0.3) is 0 Å². The summed E-state index contributed by atoms with van der Waals surface area (Å²) in [6.45, 7) is 5.76. The molecule has 0 saturated heterocycles. The maximum absolute atomic E-state index is 12.6. The standard InChI is InChI=1S/C17H23NO/c1-14-9-5-4-8-12-18(17(19)15(14)2)13-16-10-6-3-7-11-16/h3,5-7,9-11,14-15H,4,8,12-13H2,1-2H3/b9-5+/t14-,15+/m0/s1. The van der Waals surface area contributed by atoms with Crippen molar-refractivity contribution < 1.29 is 4.79 Å². The Morgan fingerprint density at radius 3 is 2.68 bits per heavy atom. The molecule has 102 valence electrons. The summed E-state index contributed by atoms with van der Waals surface area (Å²) < 4.78 is 0. The molecule has 1 aromatic carbocycles. The minimum atomic E-state index is 0.0677. The maximum Gasteiger partial charge on any atom is 0.226 e. The summed E-state index contributed by atoms with van der Waals surface area (Å²) in [5.41, 5.74) is 1.21. The second-order valence-corrected chi connectivity index (χ2v) is 5.46. The van der Waals surface area contributed by atoms with Crippen LogP contribution in [0.15, 0.2) is 42.5 Å². The van der Waals surface area contributed by atoms with Crippen LogP contribution in [-0.4, -0.2) is 17.4 Å². The van der Waals surface area contributed by atoms with E-state index in [2.05, 4.69) is 31.2 Å². The lowest BCUT2D eigenvalue weighted by molar-refractivity contribution is -0.136. The first-order valence-electron chi connectivity index (χ1n) is 7.18. The van der Waals surface area contributed by atoms with Crippen molar-refractivity contribution >= 4 is 5.91 Å². The molecule has 2 atom stereocenters. The number of rotatable bonds is 2. The molecular weight excluding hydrogens is 234 g/mol. The Hall–Kier alpha value is -1.57. The monoisotopic (exact) mass is 257 g/mol. The zero-order chi connectivity index (χ0) is 13.7. The number of hydrogen-bond acceptors (Lipinski definition) is 1. The average molecular weight is 257 g/mol. The quantitative estimate of drug-likeness (QED) is 0.741. The molecular formula is C17H23NO. The van der Waals surface area contributed by atoms with E-state index >= 15 is 0 Å². The van der Waals surface area contributed by atoms with Gasteiger partial charge in [0, 0.05) is 19.0 Å². The number of allylic oxidation sites excluding steroid dienone is 2. The minimum absolute atomic E-state index is 0.0677. The van der Waals surface area contributed by atoms with Crippen LogP contribution < -0.4 is 0 Å². The van der Waals surface area contributed by atoms with E-state index in [0.717, 1.165) is 25.9 Å². The predicted octanol–water partition coefficient (Wildman–Crippen LogP) is 3.64. The molecule has 0 bridgehead atoms. The molecule has 1 heterocycles. The summed E-state index contributed by atoms with van der Waals surface area (Å²) in [5.74, 6) is 0.671. The molecule has 2 nitrogen and oxygen atoms in total. The Kier molecular flexibility index (Phi) is 4.78. The van der Waals surface area contributed by atoms with Gasteiger partial charge in [0.05, 0.1) is 0 Å². The van der Waals surface area contributed by atoms with E-state index in [1.54, 1.807) is 0 Å². The van der Waals surface area contributed by atoms with Crippen LogP contribution in [0.1, 0.15) is 32.3 Å². The summed E-state index contributed by atoms with van der Waals surface area (Å²) in [4.78, 5) is 14.6. The first-order chi connectivity index (χ1) is 9.18. The third-order valence-electron chi connectivity index (χ3n) is 3.94. The smallest absolute Gasteiger partial charge is 0.226 e. The van der Waals surface area contributed by atoms with Crippen LogP contribution in [0.3, 0.4) is 0 Å². The predicted molar refractivity (Wildman–Crippen MR) is 78.6 cm³/mol. The van der Waals surface area contributed by atoms with Gasteiger partial charge in [-0.2, -0.15) is 0 Å². The van der Waals surface area contributed by atoms with Crippen LogP contribution >= 0.6 is 0 Å². The van der Waals surface area contributed by atoms with E-state index in [1.807, 2.05) is 30.0 Å². The molecule has 0 N–H and O–H groups in total. The largest absolute Gasteiger partial charge is 0.338 e. The molecule has 1 aliphatic rings. The molecule has 1 amide bonds. The molecule has 0 spiro atoms. The van der Waals surface area contributed by atoms with Crippen molar-refractivity contribution in [2.75, 3.05) is 6.54 Å². The van der Waals surface area contributed by atoms with Gasteiger partial charge in [0.25, 0.3) is 0 Å². The van der Waals surface area contributed by atoms with E-state index in [0.29, 0.717) is 5.92 Å². The third-order valence-corrected chi connectivity index (χ3v) is 3.94. The van der Waals surface area contributed by atoms with Crippen LogP contribution in [-0.2, 0) is 11.3 Å². The molecule has 0 aromatic heterocycles. The lowest BCUT2D eigenvalue weighted by Crippen LogP contribution is -2.37. The summed E-state index contributed by atoms with van der Waals surface area (Å²) in [6.07, 6.45) is 6.53. The lowest BCUT2D eigenvalue weighted by atomic mass is 9.94. The number of benzene rings is 1.